The largest absolute Gasteiger partial charge is 0.300 e. The van der Waals surface area contributed by atoms with E-state index in [-0.39, 0.29) is 0 Å². The van der Waals surface area contributed by atoms with Crippen LogP contribution in [0.4, 0.5) is 0 Å². The van der Waals surface area contributed by atoms with Crippen LogP contribution < -0.4 is 0 Å². The molecule has 1 rings (SSSR count). The number of Topliss-reactive ketones (excluding diaryl/α,β-unsaturated/α-hetero) is 1. The normalized spacial score (nSPS) is 11.6. The van der Waals surface area contributed by atoms with Gasteiger partial charge in [0.15, 0.2) is 0 Å². The number of carbonyl (C=O) groups is 1. The molecule has 0 saturated carbocycles. The monoisotopic (exact) mass is 244 g/mol. The summed E-state index contributed by atoms with van der Waals surface area (Å²) >= 11 is 0. The molecule has 1 aromatic rings. The summed E-state index contributed by atoms with van der Waals surface area (Å²) in [6.07, 6.45) is 7.25. The third kappa shape index (κ3) is 6.39. The summed E-state index contributed by atoms with van der Waals surface area (Å²) < 4.78 is 0. The van der Waals surface area contributed by atoms with Crippen molar-refractivity contribution >= 4 is 5.78 Å². The molecule has 0 atom stereocenters. The Kier molecular flexibility index (Phi) is 6.42. The number of allylic oxidation sites excluding steroid dienone is 2. The number of carbonyl (C=O) groups excluding carboxylic acids is 1. The van der Waals surface area contributed by atoms with Crippen molar-refractivity contribution in [3.63, 3.8) is 0 Å². The van der Waals surface area contributed by atoms with Gasteiger partial charge in [0.25, 0.3) is 0 Å². The van der Waals surface area contributed by atoms with Crippen molar-refractivity contribution in [1.29, 1.82) is 0 Å². The quantitative estimate of drug-likeness (QED) is 0.639. The molecule has 0 radical (unpaired) electrons. The molecule has 0 fully saturated rings. The van der Waals surface area contributed by atoms with E-state index in [0.29, 0.717) is 12.2 Å². The summed E-state index contributed by atoms with van der Waals surface area (Å²) in [5.74, 6) is 0.294. The summed E-state index contributed by atoms with van der Waals surface area (Å²) in [6, 6.07) is 8.69. The maximum absolute atomic E-state index is 10.8. The van der Waals surface area contributed by atoms with Crippen LogP contribution in [0.2, 0.25) is 0 Å². The van der Waals surface area contributed by atoms with E-state index < -0.39 is 0 Å². The Bertz CT molecular complexity index is 415. The van der Waals surface area contributed by atoms with Gasteiger partial charge in [0.2, 0.25) is 0 Å². The number of hydrogen-bond acceptors (Lipinski definition) is 1. The molecule has 0 amide bonds. The van der Waals surface area contributed by atoms with Gasteiger partial charge in [0.05, 0.1) is 0 Å². The first kappa shape index (κ1) is 14.7. The van der Waals surface area contributed by atoms with E-state index in [1.807, 2.05) is 0 Å². The molecule has 0 N–H and O–H groups in total. The molecule has 0 saturated heterocycles. The Hall–Kier alpha value is -1.37. The standard InChI is InChI=1S/C17H24O/c1-14(7-4-10-16(3)18)8-5-11-17-12-6-9-15(2)13-17/h6,8-9,12-13H,4-5,7,10-11H2,1-3H3/b14-8+. The van der Waals surface area contributed by atoms with Crippen molar-refractivity contribution in [2.24, 2.45) is 0 Å². The number of rotatable bonds is 7. The molecule has 0 aliphatic heterocycles. The van der Waals surface area contributed by atoms with E-state index >= 15 is 0 Å². The third-order valence-electron chi connectivity index (χ3n) is 3.11. The minimum atomic E-state index is 0.294. The minimum absolute atomic E-state index is 0.294. The molecule has 1 nitrogen and oxygen atoms in total. The molecule has 0 aliphatic rings. The smallest absolute Gasteiger partial charge is 0.129 e. The average Bonchev–Trinajstić information content (AvgIpc) is 2.28. The Labute approximate surface area is 111 Å². The molecule has 98 valence electrons. The average molecular weight is 244 g/mol. The van der Waals surface area contributed by atoms with Crippen molar-refractivity contribution in [3.05, 3.63) is 47.0 Å². The first-order valence-corrected chi connectivity index (χ1v) is 6.78. The Morgan fingerprint density at radius 1 is 1.22 bits per heavy atom. The first-order chi connectivity index (χ1) is 8.58. The van der Waals surface area contributed by atoms with Crippen LogP contribution >= 0.6 is 0 Å². The van der Waals surface area contributed by atoms with Crippen LogP contribution in [0.3, 0.4) is 0 Å². The van der Waals surface area contributed by atoms with Gasteiger partial charge in [-0.3, -0.25) is 0 Å². The van der Waals surface area contributed by atoms with Gasteiger partial charge in [0, 0.05) is 6.42 Å². The zero-order valence-electron chi connectivity index (χ0n) is 11.8. The van der Waals surface area contributed by atoms with Gasteiger partial charge in [-0.25, -0.2) is 0 Å². The lowest BCUT2D eigenvalue weighted by Gasteiger charge is -2.02. The number of benzene rings is 1. The Balaban J connectivity index is 2.29. The summed E-state index contributed by atoms with van der Waals surface area (Å²) in [6.45, 7) is 5.96. The lowest BCUT2D eigenvalue weighted by atomic mass is 10.0. The van der Waals surface area contributed by atoms with Gasteiger partial charge >= 0.3 is 0 Å². The zero-order chi connectivity index (χ0) is 13.4. The molecule has 1 aromatic carbocycles. The lowest BCUT2D eigenvalue weighted by molar-refractivity contribution is -0.117. The van der Waals surface area contributed by atoms with Crippen LogP contribution in [0.25, 0.3) is 0 Å². The van der Waals surface area contributed by atoms with E-state index in [1.54, 1.807) is 6.92 Å². The second-order valence-electron chi connectivity index (χ2n) is 5.13. The number of aryl methyl sites for hydroxylation is 2. The van der Waals surface area contributed by atoms with Crippen molar-refractivity contribution in [1.82, 2.24) is 0 Å². The van der Waals surface area contributed by atoms with E-state index in [4.69, 9.17) is 0 Å². The van der Waals surface area contributed by atoms with Crippen molar-refractivity contribution < 1.29 is 4.79 Å². The van der Waals surface area contributed by atoms with Crippen LogP contribution in [0.5, 0.6) is 0 Å². The highest BCUT2D eigenvalue weighted by Crippen LogP contribution is 2.11. The van der Waals surface area contributed by atoms with Gasteiger partial charge in [-0.05, 0) is 52.0 Å². The van der Waals surface area contributed by atoms with Crippen LogP contribution in [0.1, 0.15) is 50.7 Å². The Morgan fingerprint density at radius 2 is 2.00 bits per heavy atom. The predicted octanol–water partition coefficient (Wildman–Crippen LogP) is 4.63. The van der Waals surface area contributed by atoms with E-state index in [0.717, 1.165) is 25.7 Å². The molecule has 0 bridgehead atoms. The minimum Gasteiger partial charge on any atom is -0.300 e. The molecule has 0 unspecified atom stereocenters. The molecule has 0 aliphatic carbocycles. The molecular weight excluding hydrogens is 220 g/mol. The number of ketones is 1. The fraction of sp³-hybridized carbons (Fsp3) is 0.471. The lowest BCUT2D eigenvalue weighted by Crippen LogP contribution is -1.90. The first-order valence-electron chi connectivity index (χ1n) is 6.78. The van der Waals surface area contributed by atoms with Crippen molar-refractivity contribution in [2.45, 2.75) is 52.9 Å². The third-order valence-corrected chi connectivity index (χ3v) is 3.11. The molecule has 1 heteroatoms. The van der Waals surface area contributed by atoms with Gasteiger partial charge in [-0.15, -0.1) is 0 Å². The van der Waals surface area contributed by atoms with Gasteiger partial charge < -0.3 is 4.79 Å². The maximum Gasteiger partial charge on any atom is 0.129 e. The second kappa shape index (κ2) is 7.86. The highest BCUT2D eigenvalue weighted by Gasteiger charge is 1.96. The predicted molar refractivity (Wildman–Crippen MR) is 77.8 cm³/mol. The van der Waals surface area contributed by atoms with E-state index in [1.165, 1.54) is 16.7 Å². The van der Waals surface area contributed by atoms with Crippen LogP contribution in [-0.4, -0.2) is 5.78 Å². The van der Waals surface area contributed by atoms with Crippen LogP contribution in [0.15, 0.2) is 35.9 Å². The molecule has 18 heavy (non-hydrogen) atoms. The highest BCUT2D eigenvalue weighted by atomic mass is 16.1. The summed E-state index contributed by atoms with van der Waals surface area (Å²) in [4.78, 5) is 10.8. The topological polar surface area (TPSA) is 17.1 Å². The van der Waals surface area contributed by atoms with E-state index in [9.17, 15) is 4.79 Å². The van der Waals surface area contributed by atoms with Crippen molar-refractivity contribution in [2.75, 3.05) is 0 Å². The van der Waals surface area contributed by atoms with Gasteiger partial charge in [0.1, 0.15) is 5.78 Å². The second-order valence-corrected chi connectivity index (χ2v) is 5.13. The molecule has 0 spiro atoms. The molecule has 0 aromatic heterocycles. The molecule has 0 heterocycles. The SMILES string of the molecule is CC(=O)CCC/C(C)=C/CCc1cccc(C)c1. The van der Waals surface area contributed by atoms with Gasteiger partial charge in [-0.2, -0.15) is 0 Å². The van der Waals surface area contributed by atoms with Crippen LogP contribution in [0, 0.1) is 6.92 Å². The summed E-state index contributed by atoms with van der Waals surface area (Å²) in [5.41, 5.74) is 4.14. The maximum atomic E-state index is 10.8. The zero-order valence-corrected chi connectivity index (χ0v) is 11.8. The molecular formula is C17H24O. The van der Waals surface area contributed by atoms with E-state index in [2.05, 4.69) is 44.2 Å². The summed E-state index contributed by atoms with van der Waals surface area (Å²) in [5, 5.41) is 0. The summed E-state index contributed by atoms with van der Waals surface area (Å²) in [7, 11) is 0. The van der Waals surface area contributed by atoms with Gasteiger partial charge in [-0.1, -0.05) is 41.5 Å². The van der Waals surface area contributed by atoms with Crippen molar-refractivity contribution in [3.8, 4) is 0 Å². The highest BCUT2D eigenvalue weighted by molar-refractivity contribution is 5.75. The Morgan fingerprint density at radius 3 is 2.67 bits per heavy atom. The fourth-order valence-electron chi connectivity index (χ4n) is 2.07. The number of hydrogen-bond donors (Lipinski definition) is 0. The van der Waals surface area contributed by atoms with Crippen LogP contribution in [-0.2, 0) is 11.2 Å². The fourth-order valence-corrected chi connectivity index (χ4v) is 2.07.